The Morgan fingerprint density at radius 2 is 1.56 bits per heavy atom. The van der Waals surface area contributed by atoms with E-state index in [4.69, 9.17) is 9.47 Å². The second-order valence-electron chi connectivity index (χ2n) is 9.27. The molecule has 1 aromatic rings. The van der Waals surface area contributed by atoms with Crippen LogP contribution in [-0.2, 0) is 24.5 Å². The number of nitrogens with one attached hydrogen (secondary N) is 1. The minimum Gasteiger partial charge on any atom is -0.378 e. The SMILES string of the molecule is C[C@H]1CN(S(=O)(=O)N2CCN(CCC(=O)Nc3ccc(N4CCOCC4)cc3)CC2)C[C@H](C)O1. The number of morpholine rings is 2. The van der Waals surface area contributed by atoms with Gasteiger partial charge in [0.1, 0.15) is 0 Å². The molecule has 1 aromatic carbocycles. The van der Waals surface area contributed by atoms with Gasteiger partial charge in [0, 0.05) is 76.7 Å². The molecule has 3 aliphatic heterocycles. The van der Waals surface area contributed by atoms with Crippen LogP contribution in [0.4, 0.5) is 11.4 Å². The summed E-state index contributed by atoms with van der Waals surface area (Å²) in [4.78, 5) is 16.9. The molecule has 3 heterocycles. The Bertz CT molecular complexity index is 904. The van der Waals surface area contributed by atoms with Gasteiger partial charge in [-0.2, -0.15) is 17.0 Å². The van der Waals surface area contributed by atoms with Crippen LogP contribution in [0.1, 0.15) is 20.3 Å². The van der Waals surface area contributed by atoms with Crippen LogP contribution in [0.5, 0.6) is 0 Å². The molecular weight excluding hydrogens is 458 g/mol. The number of hydrogen-bond acceptors (Lipinski definition) is 7. The summed E-state index contributed by atoms with van der Waals surface area (Å²) in [5.41, 5.74) is 1.92. The third-order valence-corrected chi connectivity index (χ3v) is 8.52. The average molecular weight is 496 g/mol. The first kappa shape index (κ1) is 25.3. The zero-order valence-electron chi connectivity index (χ0n) is 20.2. The monoisotopic (exact) mass is 495 g/mol. The Labute approximate surface area is 202 Å². The van der Waals surface area contributed by atoms with Gasteiger partial charge in [0.25, 0.3) is 10.2 Å². The molecular formula is C23H37N5O5S. The van der Waals surface area contributed by atoms with E-state index in [0.29, 0.717) is 52.2 Å². The normalized spacial score (nSPS) is 25.9. The van der Waals surface area contributed by atoms with Gasteiger partial charge in [-0.3, -0.25) is 4.79 Å². The van der Waals surface area contributed by atoms with E-state index >= 15 is 0 Å². The second kappa shape index (κ2) is 11.3. The van der Waals surface area contributed by atoms with E-state index in [9.17, 15) is 13.2 Å². The summed E-state index contributed by atoms with van der Waals surface area (Å²) in [6.45, 7) is 10.6. The van der Waals surface area contributed by atoms with Crippen molar-refractivity contribution >= 4 is 27.5 Å². The van der Waals surface area contributed by atoms with Gasteiger partial charge in [0.2, 0.25) is 5.91 Å². The molecule has 34 heavy (non-hydrogen) atoms. The molecule has 3 saturated heterocycles. The van der Waals surface area contributed by atoms with Crippen LogP contribution in [0.2, 0.25) is 0 Å². The molecule has 0 spiro atoms. The van der Waals surface area contributed by atoms with E-state index in [0.717, 1.165) is 37.7 Å². The molecule has 11 heteroatoms. The van der Waals surface area contributed by atoms with E-state index in [1.807, 2.05) is 38.1 Å². The number of hydrogen-bond donors (Lipinski definition) is 1. The maximum atomic E-state index is 13.0. The predicted molar refractivity (Wildman–Crippen MR) is 131 cm³/mol. The van der Waals surface area contributed by atoms with Crippen molar-refractivity contribution in [2.24, 2.45) is 0 Å². The van der Waals surface area contributed by atoms with E-state index in [1.165, 1.54) is 0 Å². The molecule has 0 bridgehead atoms. The van der Waals surface area contributed by atoms with Gasteiger partial charge in [-0.05, 0) is 38.1 Å². The molecule has 3 aliphatic rings. The van der Waals surface area contributed by atoms with Crippen molar-refractivity contribution in [3.63, 3.8) is 0 Å². The fourth-order valence-corrected chi connectivity index (χ4v) is 6.47. The van der Waals surface area contributed by atoms with Crippen molar-refractivity contribution in [2.75, 3.05) is 82.3 Å². The molecule has 2 atom stereocenters. The molecule has 4 rings (SSSR count). The molecule has 0 radical (unpaired) electrons. The molecule has 0 saturated carbocycles. The number of piperazine rings is 1. The number of carbonyl (C=O) groups is 1. The number of anilines is 2. The molecule has 190 valence electrons. The number of carbonyl (C=O) groups excluding carboxylic acids is 1. The van der Waals surface area contributed by atoms with E-state index < -0.39 is 10.2 Å². The molecule has 0 aromatic heterocycles. The summed E-state index contributed by atoms with van der Waals surface area (Å²) in [6, 6.07) is 7.91. The fourth-order valence-electron chi connectivity index (χ4n) is 4.73. The summed E-state index contributed by atoms with van der Waals surface area (Å²) in [6.07, 6.45) is 0.166. The Morgan fingerprint density at radius 3 is 2.18 bits per heavy atom. The Kier molecular flexibility index (Phi) is 8.43. The second-order valence-corrected chi connectivity index (χ2v) is 11.2. The largest absolute Gasteiger partial charge is 0.378 e. The molecule has 3 fully saturated rings. The summed E-state index contributed by atoms with van der Waals surface area (Å²) in [5, 5.41) is 2.96. The number of ether oxygens (including phenoxy) is 2. The number of rotatable bonds is 7. The van der Waals surface area contributed by atoms with Gasteiger partial charge >= 0.3 is 0 Å². The lowest BCUT2D eigenvalue weighted by molar-refractivity contribution is -0.116. The first-order chi connectivity index (χ1) is 16.3. The van der Waals surface area contributed by atoms with Crippen LogP contribution < -0.4 is 10.2 Å². The lowest BCUT2D eigenvalue weighted by atomic mass is 10.2. The summed E-state index contributed by atoms with van der Waals surface area (Å²) < 4.78 is 40.2. The first-order valence-electron chi connectivity index (χ1n) is 12.2. The number of benzene rings is 1. The van der Waals surface area contributed by atoms with Gasteiger partial charge in [-0.15, -0.1) is 0 Å². The summed E-state index contributed by atoms with van der Waals surface area (Å²) in [7, 11) is -3.49. The van der Waals surface area contributed by atoms with E-state index in [1.54, 1.807) is 8.61 Å². The Balaban J connectivity index is 1.19. The Morgan fingerprint density at radius 1 is 0.941 bits per heavy atom. The standard InChI is InChI=1S/C23H37N5O5S/c1-19-17-28(18-20(2)33-19)34(30,31)27-11-9-25(10-12-27)8-7-23(29)24-21-3-5-22(6-4-21)26-13-15-32-16-14-26/h3-6,19-20H,7-18H2,1-2H3,(H,24,29)/t19-,20-/m0/s1. The third kappa shape index (κ3) is 6.46. The van der Waals surface area contributed by atoms with E-state index in [-0.39, 0.29) is 18.1 Å². The van der Waals surface area contributed by atoms with Crippen LogP contribution in [0.3, 0.4) is 0 Å². The first-order valence-corrected chi connectivity index (χ1v) is 13.6. The van der Waals surface area contributed by atoms with Gasteiger partial charge in [0.15, 0.2) is 0 Å². The quantitative estimate of drug-likeness (QED) is 0.599. The van der Waals surface area contributed by atoms with Crippen molar-refractivity contribution < 1.29 is 22.7 Å². The highest BCUT2D eigenvalue weighted by atomic mass is 32.2. The topological polar surface area (TPSA) is 94.7 Å². The highest BCUT2D eigenvalue weighted by Crippen LogP contribution is 2.20. The van der Waals surface area contributed by atoms with Crippen LogP contribution >= 0.6 is 0 Å². The maximum Gasteiger partial charge on any atom is 0.282 e. The lowest BCUT2D eigenvalue weighted by Gasteiger charge is -2.40. The van der Waals surface area contributed by atoms with Crippen molar-refractivity contribution in [1.82, 2.24) is 13.5 Å². The summed E-state index contributed by atoms with van der Waals surface area (Å²) >= 11 is 0. The van der Waals surface area contributed by atoms with Crippen molar-refractivity contribution in [2.45, 2.75) is 32.5 Å². The van der Waals surface area contributed by atoms with Crippen LogP contribution in [0.25, 0.3) is 0 Å². The predicted octanol–water partition coefficient (Wildman–Crippen LogP) is 0.823. The van der Waals surface area contributed by atoms with Crippen LogP contribution in [0.15, 0.2) is 24.3 Å². The van der Waals surface area contributed by atoms with Crippen LogP contribution in [0, 0.1) is 0 Å². The van der Waals surface area contributed by atoms with Gasteiger partial charge in [-0.1, -0.05) is 0 Å². The minimum atomic E-state index is -3.49. The Hall–Kier alpha value is -1.76. The number of amides is 1. The lowest BCUT2D eigenvalue weighted by Crippen LogP contribution is -2.57. The van der Waals surface area contributed by atoms with Gasteiger partial charge in [-0.25, -0.2) is 0 Å². The van der Waals surface area contributed by atoms with Gasteiger partial charge < -0.3 is 24.6 Å². The van der Waals surface area contributed by atoms with Crippen LogP contribution in [-0.4, -0.2) is 112 Å². The minimum absolute atomic E-state index is 0.0366. The van der Waals surface area contributed by atoms with E-state index in [2.05, 4.69) is 15.1 Å². The van der Waals surface area contributed by atoms with Gasteiger partial charge in [0.05, 0.1) is 25.4 Å². The number of nitrogens with zero attached hydrogens (tertiary/aromatic N) is 4. The van der Waals surface area contributed by atoms with Crippen molar-refractivity contribution in [1.29, 1.82) is 0 Å². The maximum absolute atomic E-state index is 13.0. The molecule has 1 N–H and O–H groups in total. The third-order valence-electron chi connectivity index (χ3n) is 6.55. The molecule has 10 nitrogen and oxygen atoms in total. The van der Waals surface area contributed by atoms with Crippen molar-refractivity contribution in [3.8, 4) is 0 Å². The zero-order valence-corrected chi connectivity index (χ0v) is 21.0. The highest BCUT2D eigenvalue weighted by Gasteiger charge is 2.36. The average Bonchev–Trinajstić information content (AvgIpc) is 2.83. The molecule has 1 amide bonds. The smallest absolute Gasteiger partial charge is 0.282 e. The zero-order chi connectivity index (χ0) is 24.1. The fraction of sp³-hybridized carbons (Fsp3) is 0.696. The van der Waals surface area contributed by atoms with Crippen molar-refractivity contribution in [3.05, 3.63) is 24.3 Å². The molecule has 0 unspecified atom stereocenters. The molecule has 0 aliphatic carbocycles. The summed E-state index contributed by atoms with van der Waals surface area (Å²) in [5.74, 6) is -0.0366. The highest BCUT2D eigenvalue weighted by molar-refractivity contribution is 7.86.